The van der Waals surface area contributed by atoms with Crippen LogP contribution >= 0.6 is 0 Å². The van der Waals surface area contributed by atoms with E-state index in [1.807, 2.05) is 60.7 Å². The molecule has 0 spiro atoms. The third-order valence-corrected chi connectivity index (χ3v) is 4.88. The molecule has 1 radical (unpaired) electrons. The van der Waals surface area contributed by atoms with Crippen molar-refractivity contribution in [2.24, 2.45) is 0 Å². The molecule has 4 heterocycles. The molecule has 6 rings (SSSR count). The van der Waals surface area contributed by atoms with Crippen LogP contribution in [-0.2, 0) is 20.1 Å². The average molecular weight is 621 g/mol. The van der Waals surface area contributed by atoms with E-state index in [0.29, 0.717) is 27.6 Å². The summed E-state index contributed by atoms with van der Waals surface area (Å²) in [5.74, 6) is 0. The molecule has 0 fully saturated rings. The molecule has 0 aliphatic carbocycles. The molecular weight excluding hydrogens is 605 g/mol. The first kappa shape index (κ1) is 23.1. The molecule has 2 aromatic carbocycles. The minimum absolute atomic E-state index is 0. The van der Waals surface area contributed by atoms with Gasteiger partial charge in [0.2, 0.25) is 5.71 Å². The molecule has 0 saturated heterocycles. The van der Waals surface area contributed by atoms with E-state index in [1.165, 1.54) is 12.5 Å². The maximum absolute atomic E-state index is 12.5. The smallest absolute Gasteiger partial charge is 0.224 e. The van der Waals surface area contributed by atoms with Crippen molar-refractivity contribution in [3.8, 4) is 22.5 Å². The van der Waals surface area contributed by atoms with Gasteiger partial charge in [-0.25, -0.2) is 9.97 Å². The van der Waals surface area contributed by atoms with Crippen LogP contribution in [0.2, 0.25) is 0 Å². The van der Waals surface area contributed by atoms with Crippen LogP contribution in [0.15, 0.2) is 107 Å². The summed E-state index contributed by atoms with van der Waals surface area (Å²) in [5, 5.41) is 0.833. The van der Waals surface area contributed by atoms with Gasteiger partial charge in [0.1, 0.15) is 11.7 Å². The molecular formula is C27H16IrN4O2-2. The Balaban J connectivity index is 0.000000180. The Morgan fingerprint density at radius 3 is 2.21 bits per heavy atom. The molecule has 0 aliphatic heterocycles. The van der Waals surface area contributed by atoms with Crippen LogP contribution in [0.5, 0.6) is 0 Å². The minimum Gasteiger partial charge on any atom is -0.486 e. The number of nitrogens with zero attached hydrogens (tertiary/aromatic N) is 4. The molecule has 7 heteroatoms. The van der Waals surface area contributed by atoms with E-state index < -0.39 is 0 Å². The predicted molar refractivity (Wildman–Crippen MR) is 126 cm³/mol. The first-order valence-electron chi connectivity index (χ1n) is 10.2. The van der Waals surface area contributed by atoms with E-state index in [1.54, 1.807) is 24.5 Å². The molecule has 4 aromatic heterocycles. The molecule has 0 saturated carbocycles. The Morgan fingerprint density at radius 1 is 0.735 bits per heavy atom. The summed E-state index contributed by atoms with van der Waals surface area (Å²) in [6.07, 6.45) is 6.29. The zero-order chi connectivity index (χ0) is 22.5. The third kappa shape index (κ3) is 4.81. The number of aromatic nitrogens is 4. The number of benzene rings is 2. The van der Waals surface area contributed by atoms with Gasteiger partial charge in [-0.15, -0.1) is 54.1 Å². The van der Waals surface area contributed by atoms with Crippen LogP contribution < -0.4 is 5.43 Å². The van der Waals surface area contributed by atoms with Crippen molar-refractivity contribution in [2.75, 3.05) is 0 Å². The summed E-state index contributed by atoms with van der Waals surface area (Å²) in [7, 11) is 0. The monoisotopic (exact) mass is 621 g/mol. The molecule has 0 bridgehead atoms. The second kappa shape index (κ2) is 10.7. The fourth-order valence-electron chi connectivity index (χ4n) is 3.34. The molecule has 34 heavy (non-hydrogen) atoms. The quantitative estimate of drug-likeness (QED) is 0.197. The zero-order valence-corrected chi connectivity index (χ0v) is 20.1. The molecule has 0 amide bonds. The van der Waals surface area contributed by atoms with Gasteiger partial charge in [-0.05, 0) is 28.9 Å². The maximum atomic E-state index is 12.5. The van der Waals surface area contributed by atoms with Gasteiger partial charge in [0, 0.05) is 38.7 Å². The Kier molecular flexibility index (Phi) is 7.28. The molecule has 0 unspecified atom stereocenters. The van der Waals surface area contributed by atoms with Gasteiger partial charge in [0.25, 0.3) is 0 Å². The van der Waals surface area contributed by atoms with Crippen LogP contribution in [0.25, 0.3) is 44.6 Å². The summed E-state index contributed by atoms with van der Waals surface area (Å²) < 4.78 is 5.79. The molecule has 0 aliphatic rings. The van der Waals surface area contributed by atoms with Crippen molar-refractivity contribution in [2.45, 2.75) is 0 Å². The zero-order valence-electron chi connectivity index (χ0n) is 17.7. The molecule has 167 valence electrons. The van der Waals surface area contributed by atoms with Gasteiger partial charge in [0.15, 0.2) is 5.43 Å². The van der Waals surface area contributed by atoms with Crippen molar-refractivity contribution in [3.63, 3.8) is 0 Å². The second-order valence-electron chi connectivity index (χ2n) is 6.97. The van der Waals surface area contributed by atoms with E-state index in [0.717, 1.165) is 11.3 Å². The predicted octanol–water partition coefficient (Wildman–Crippen LogP) is 5.14. The first-order chi connectivity index (χ1) is 16.3. The van der Waals surface area contributed by atoms with E-state index >= 15 is 0 Å². The average Bonchev–Trinajstić information content (AvgIpc) is 2.91. The number of hydrogen-bond donors (Lipinski definition) is 0. The van der Waals surface area contributed by atoms with Gasteiger partial charge in [-0.2, -0.15) is 0 Å². The summed E-state index contributed by atoms with van der Waals surface area (Å²) in [5.41, 5.74) is 3.89. The fourth-order valence-corrected chi connectivity index (χ4v) is 3.34. The molecule has 0 N–H and O–H groups in total. The van der Waals surface area contributed by atoms with E-state index in [9.17, 15) is 4.79 Å². The van der Waals surface area contributed by atoms with Crippen molar-refractivity contribution < 1.29 is 24.5 Å². The van der Waals surface area contributed by atoms with Gasteiger partial charge >= 0.3 is 0 Å². The van der Waals surface area contributed by atoms with E-state index in [2.05, 4.69) is 32.1 Å². The van der Waals surface area contributed by atoms with Crippen molar-refractivity contribution >= 4 is 22.1 Å². The van der Waals surface area contributed by atoms with Crippen molar-refractivity contribution in [1.82, 2.24) is 19.9 Å². The minimum atomic E-state index is -0.155. The van der Waals surface area contributed by atoms with Gasteiger partial charge in [-0.3, -0.25) is 4.79 Å². The molecule has 0 atom stereocenters. The molecule has 6 aromatic rings. The van der Waals surface area contributed by atoms with Gasteiger partial charge in [-0.1, -0.05) is 29.8 Å². The SMILES string of the molecule is O=c1c2cncnc2oc2c(-c3ccccn3)[c-]ccc12.[Ir].[c-]1ccccc1-c1ccccn1. The molecule has 6 nitrogen and oxygen atoms in total. The summed E-state index contributed by atoms with van der Waals surface area (Å²) >= 11 is 0. The normalized spacial score (nSPS) is 10.2. The summed E-state index contributed by atoms with van der Waals surface area (Å²) in [6, 6.07) is 28.8. The van der Waals surface area contributed by atoms with Gasteiger partial charge < -0.3 is 14.4 Å². The largest absolute Gasteiger partial charge is 0.486 e. The Morgan fingerprint density at radius 2 is 1.50 bits per heavy atom. The van der Waals surface area contributed by atoms with Crippen molar-refractivity contribution in [3.05, 3.63) is 120 Å². The topological polar surface area (TPSA) is 81.8 Å². The van der Waals surface area contributed by atoms with E-state index in [-0.39, 0.29) is 31.2 Å². The van der Waals surface area contributed by atoms with E-state index in [4.69, 9.17) is 4.42 Å². The third-order valence-electron chi connectivity index (χ3n) is 4.88. The van der Waals surface area contributed by atoms with Crippen LogP contribution in [0.1, 0.15) is 0 Å². The standard InChI is InChI=1S/C16H8N3O2.C11H8N.Ir/c20-14-11-5-3-4-10(13-6-1-2-7-18-13)15(11)21-16-12(14)8-17-9-19-16;1-2-6-10(7-3-1)11-8-4-5-9-12-11;/h1-3,5-9H;1-6,8-9H;/q2*-1;. The van der Waals surface area contributed by atoms with Crippen molar-refractivity contribution in [1.29, 1.82) is 0 Å². The Labute approximate surface area is 208 Å². The van der Waals surface area contributed by atoms with Crippen LogP contribution in [0.4, 0.5) is 0 Å². The van der Waals surface area contributed by atoms with Crippen LogP contribution in [-0.4, -0.2) is 19.9 Å². The summed E-state index contributed by atoms with van der Waals surface area (Å²) in [4.78, 5) is 28.9. The number of rotatable bonds is 2. The Hall–Kier alpha value is -4.06. The number of fused-ring (bicyclic) bond motifs is 2. The Bertz CT molecular complexity index is 1540. The first-order valence-corrected chi connectivity index (χ1v) is 10.2. The number of hydrogen-bond acceptors (Lipinski definition) is 6. The summed E-state index contributed by atoms with van der Waals surface area (Å²) in [6.45, 7) is 0. The maximum Gasteiger partial charge on any atom is 0.224 e. The number of pyridine rings is 2. The van der Waals surface area contributed by atoms with Gasteiger partial charge in [0.05, 0.1) is 5.58 Å². The fraction of sp³-hybridized carbons (Fsp3) is 0. The van der Waals surface area contributed by atoms with Crippen LogP contribution in [0.3, 0.4) is 0 Å². The second-order valence-corrected chi connectivity index (χ2v) is 6.97. The van der Waals surface area contributed by atoms with Crippen LogP contribution in [0, 0.1) is 12.1 Å².